The molecular formula is C17H23N3. The number of aromatic nitrogens is 1. The van der Waals surface area contributed by atoms with E-state index in [0.29, 0.717) is 5.41 Å². The second-order valence-electron chi connectivity index (χ2n) is 6.46. The van der Waals surface area contributed by atoms with Crippen LogP contribution in [0.25, 0.3) is 10.9 Å². The SMILES string of the molecule is Cc1cc(NCC2(C)CCCC2)c2cc(N)ccc2n1. The molecule has 1 aromatic heterocycles. The maximum atomic E-state index is 5.92. The highest BCUT2D eigenvalue weighted by molar-refractivity contribution is 5.93. The number of nitrogen functional groups attached to an aromatic ring is 1. The fourth-order valence-electron chi connectivity index (χ4n) is 3.24. The Morgan fingerprint density at radius 2 is 2.00 bits per heavy atom. The molecule has 3 heteroatoms. The van der Waals surface area contributed by atoms with Gasteiger partial charge in [0, 0.05) is 29.0 Å². The van der Waals surface area contributed by atoms with E-state index in [4.69, 9.17) is 5.73 Å². The van der Waals surface area contributed by atoms with E-state index in [1.807, 2.05) is 25.1 Å². The smallest absolute Gasteiger partial charge is 0.0727 e. The van der Waals surface area contributed by atoms with E-state index in [0.717, 1.165) is 34.5 Å². The molecule has 0 atom stereocenters. The van der Waals surface area contributed by atoms with E-state index in [-0.39, 0.29) is 0 Å². The van der Waals surface area contributed by atoms with Gasteiger partial charge in [-0.1, -0.05) is 19.8 Å². The first-order chi connectivity index (χ1) is 9.56. The minimum atomic E-state index is 0.434. The normalized spacial score (nSPS) is 17.5. The van der Waals surface area contributed by atoms with Gasteiger partial charge in [-0.15, -0.1) is 0 Å². The molecule has 0 saturated heterocycles. The van der Waals surface area contributed by atoms with Gasteiger partial charge in [0.15, 0.2) is 0 Å². The van der Waals surface area contributed by atoms with Crippen molar-refractivity contribution in [2.24, 2.45) is 5.41 Å². The van der Waals surface area contributed by atoms with Crippen LogP contribution in [0.5, 0.6) is 0 Å². The minimum absolute atomic E-state index is 0.434. The lowest BCUT2D eigenvalue weighted by Gasteiger charge is -2.25. The molecule has 3 rings (SSSR count). The second kappa shape index (κ2) is 4.97. The first-order valence-corrected chi connectivity index (χ1v) is 7.47. The molecule has 106 valence electrons. The number of fused-ring (bicyclic) bond motifs is 1. The van der Waals surface area contributed by atoms with Crippen molar-refractivity contribution in [3.05, 3.63) is 30.0 Å². The van der Waals surface area contributed by atoms with Crippen LogP contribution in [0.2, 0.25) is 0 Å². The first-order valence-electron chi connectivity index (χ1n) is 7.47. The Morgan fingerprint density at radius 1 is 1.25 bits per heavy atom. The fourth-order valence-corrected chi connectivity index (χ4v) is 3.24. The monoisotopic (exact) mass is 269 g/mol. The summed E-state index contributed by atoms with van der Waals surface area (Å²) < 4.78 is 0. The van der Waals surface area contributed by atoms with Gasteiger partial charge >= 0.3 is 0 Å². The standard InChI is InChI=1S/C17H23N3/c1-12-9-16(19-11-17(2)7-3-4-8-17)14-10-13(18)5-6-15(14)20-12/h5-6,9-10H,3-4,7-8,11,18H2,1-2H3,(H,19,20). The van der Waals surface area contributed by atoms with Gasteiger partial charge in [0.05, 0.1) is 5.52 Å². The Labute approximate surface area is 120 Å². The van der Waals surface area contributed by atoms with E-state index >= 15 is 0 Å². The minimum Gasteiger partial charge on any atom is -0.399 e. The summed E-state index contributed by atoms with van der Waals surface area (Å²) in [6, 6.07) is 8.05. The summed E-state index contributed by atoms with van der Waals surface area (Å²) in [5.74, 6) is 0. The fraction of sp³-hybridized carbons (Fsp3) is 0.471. The molecule has 1 fully saturated rings. The number of nitrogens with zero attached hydrogens (tertiary/aromatic N) is 1. The molecule has 2 aromatic rings. The molecule has 0 amide bonds. The molecule has 3 nitrogen and oxygen atoms in total. The number of nitrogens with two attached hydrogens (primary N) is 1. The molecule has 0 spiro atoms. The molecule has 0 radical (unpaired) electrons. The largest absolute Gasteiger partial charge is 0.399 e. The lowest BCUT2D eigenvalue weighted by Crippen LogP contribution is -2.23. The van der Waals surface area contributed by atoms with Crippen LogP contribution in [0.15, 0.2) is 24.3 Å². The zero-order chi connectivity index (χ0) is 14.2. The molecular weight excluding hydrogens is 246 g/mol. The summed E-state index contributed by atoms with van der Waals surface area (Å²) in [4.78, 5) is 4.58. The Hall–Kier alpha value is -1.77. The Kier molecular flexibility index (Phi) is 3.28. The molecule has 3 N–H and O–H groups in total. The van der Waals surface area contributed by atoms with E-state index in [1.165, 1.54) is 25.7 Å². The number of hydrogen-bond donors (Lipinski definition) is 2. The molecule has 0 aliphatic heterocycles. The zero-order valence-electron chi connectivity index (χ0n) is 12.4. The maximum Gasteiger partial charge on any atom is 0.0727 e. The van der Waals surface area contributed by atoms with Crippen molar-refractivity contribution in [3.63, 3.8) is 0 Å². The number of hydrogen-bond acceptors (Lipinski definition) is 3. The van der Waals surface area contributed by atoms with Crippen LogP contribution in [-0.2, 0) is 0 Å². The van der Waals surface area contributed by atoms with E-state index < -0.39 is 0 Å². The van der Waals surface area contributed by atoms with Crippen LogP contribution >= 0.6 is 0 Å². The van der Waals surface area contributed by atoms with Crippen LogP contribution in [0.1, 0.15) is 38.3 Å². The van der Waals surface area contributed by atoms with Crippen molar-refractivity contribution in [1.29, 1.82) is 0 Å². The average molecular weight is 269 g/mol. The van der Waals surface area contributed by atoms with Gasteiger partial charge in [-0.3, -0.25) is 4.98 Å². The van der Waals surface area contributed by atoms with Crippen LogP contribution in [0, 0.1) is 12.3 Å². The molecule has 1 aliphatic carbocycles. The Balaban J connectivity index is 1.91. The third kappa shape index (κ3) is 2.58. The van der Waals surface area contributed by atoms with Gasteiger partial charge in [-0.25, -0.2) is 0 Å². The summed E-state index contributed by atoms with van der Waals surface area (Å²) in [5, 5.41) is 4.76. The van der Waals surface area contributed by atoms with Crippen LogP contribution in [0.3, 0.4) is 0 Å². The molecule has 1 heterocycles. The van der Waals surface area contributed by atoms with E-state index in [2.05, 4.69) is 23.3 Å². The van der Waals surface area contributed by atoms with Crippen LogP contribution in [0.4, 0.5) is 11.4 Å². The topological polar surface area (TPSA) is 50.9 Å². The number of anilines is 2. The third-order valence-electron chi connectivity index (χ3n) is 4.48. The highest BCUT2D eigenvalue weighted by Crippen LogP contribution is 2.38. The third-order valence-corrected chi connectivity index (χ3v) is 4.48. The second-order valence-corrected chi connectivity index (χ2v) is 6.46. The van der Waals surface area contributed by atoms with Gasteiger partial charge in [-0.2, -0.15) is 0 Å². The summed E-state index contributed by atoms with van der Waals surface area (Å²) in [6.45, 7) is 5.45. The predicted molar refractivity (Wildman–Crippen MR) is 86.0 cm³/mol. The highest BCUT2D eigenvalue weighted by Gasteiger charge is 2.28. The molecule has 0 unspecified atom stereocenters. The van der Waals surface area contributed by atoms with Crippen molar-refractivity contribution in [2.45, 2.75) is 39.5 Å². The summed E-state index contributed by atoms with van der Waals surface area (Å²) >= 11 is 0. The molecule has 20 heavy (non-hydrogen) atoms. The van der Waals surface area contributed by atoms with Crippen molar-refractivity contribution in [3.8, 4) is 0 Å². The lowest BCUT2D eigenvalue weighted by atomic mass is 9.89. The highest BCUT2D eigenvalue weighted by atomic mass is 14.9. The number of aryl methyl sites for hydroxylation is 1. The van der Waals surface area contributed by atoms with Gasteiger partial charge in [0.1, 0.15) is 0 Å². The Morgan fingerprint density at radius 3 is 2.75 bits per heavy atom. The van der Waals surface area contributed by atoms with Gasteiger partial charge in [0.2, 0.25) is 0 Å². The molecule has 0 bridgehead atoms. The summed E-state index contributed by atoms with van der Waals surface area (Å²) in [5.41, 5.74) is 10.4. The quantitative estimate of drug-likeness (QED) is 0.824. The van der Waals surface area contributed by atoms with Gasteiger partial charge in [0.25, 0.3) is 0 Å². The summed E-state index contributed by atoms with van der Waals surface area (Å²) in [6.07, 6.45) is 5.37. The van der Waals surface area contributed by atoms with Crippen molar-refractivity contribution in [1.82, 2.24) is 4.98 Å². The van der Waals surface area contributed by atoms with Crippen molar-refractivity contribution < 1.29 is 0 Å². The lowest BCUT2D eigenvalue weighted by molar-refractivity contribution is 0.362. The summed E-state index contributed by atoms with van der Waals surface area (Å²) in [7, 11) is 0. The first kappa shape index (κ1) is 13.2. The zero-order valence-corrected chi connectivity index (χ0v) is 12.4. The van der Waals surface area contributed by atoms with Crippen LogP contribution in [-0.4, -0.2) is 11.5 Å². The number of rotatable bonds is 3. The van der Waals surface area contributed by atoms with Crippen molar-refractivity contribution in [2.75, 3.05) is 17.6 Å². The number of nitrogens with one attached hydrogen (secondary N) is 1. The molecule has 1 aromatic carbocycles. The molecule has 1 aliphatic rings. The van der Waals surface area contributed by atoms with Crippen molar-refractivity contribution >= 4 is 22.3 Å². The predicted octanol–water partition coefficient (Wildman–Crippen LogP) is 4.12. The van der Waals surface area contributed by atoms with Gasteiger partial charge in [-0.05, 0) is 49.4 Å². The van der Waals surface area contributed by atoms with Gasteiger partial charge < -0.3 is 11.1 Å². The Bertz CT molecular complexity index is 627. The molecule has 1 saturated carbocycles. The van der Waals surface area contributed by atoms with E-state index in [1.54, 1.807) is 0 Å². The number of pyridine rings is 1. The van der Waals surface area contributed by atoms with E-state index in [9.17, 15) is 0 Å². The maximum absolute atomic E-state index is 5.92. The van der Waals surface area contributed by atoms with Crippen LogP contribution < -0.4 is 11.1 Å². The average Bonchev–Trinajstić information content (AvgIpc) is 2.84. The number of benzene rings is 1.